The van der Waals surface area contributed by atoms with E-state index in [0.717, 1.165) is 10.0 Å². The van der Waals surface area contributed by atoms with Crippen molar-refractivity contribution in [2.75, 3.05) is 0 Å². The number of hydrogen-bond donors (Lipinski definition) is 1. The van der Waals surface area contributed by atoms with Crippen LogP contribution in [0.15, 0.2) is 28.7 Å². The Kier molecular flexibility index (Phi) is 3.93. The number of nitrogens with two attached hydrogens (primary N) is 1. The van der Waals surface area contributed by atoms with Crippen LogP contribution in [0.4, 0.5) is 0 Å². The fourth-order valence-corrected chi connectivity index (χ4v) is 1.57. The highest BCUT2D eigenvalue weighted by molar-refractivity contribution is 9.10. The molecule has 1 amide bonds. The van der Waals surface area contributed by atoms with Crippen LogP contribution in [0.2, 0.25) is 0 Å². The second-order valence-corrected chi connectivity index (χ2v) is 4.72. The van der Waals surface area contributed by atoms with Gasteiger partial charge < -0.3 is 5.73 Å². The van der Waals surface area contributed by atoms with Gasteiger partial charge in [0.25, 0.3) is 0 Å². The molecule has 0 aliphatic heterocycles. The molecule has 0 spiro atoms. The first-order valence-corrected chi connectivity index (χ1v) is 5.48. The minimum Gasteiger partial charge on any atom is -0.369 e. The fourth-order valence-electron chi connectivity index (χ4n) is 0.928. The van der Waals surface area contributed by atoms with Gasteiger partial charge in [-0.3, -0.25) is 4.79 Å². The summed E-state index contributed by atoms with van der Waals surface area (Å²) in [6, 6.07) is 7.80. The number of hydrogen-bond acceptors (Lipinski definition) is 1. The zero-order valence-electron chi connectivity index (χ0n) is 6.84. The van der Waals surface area contributed by atoms with E-state index in [1.54, 1.807) is 0 Å². The topological polar surface area (TPSA) is 43.1 Å². The predicted octanol–water partition coefficient (Wildman–Crippen LogP) is 2.24. The van der Waals surface area contributed by atoms with Crippen molar-refractivity contribution >= 4 is 37.8 Å². The quantitative estimate of drug-likeness (QED) is 0.855. The predicted molar refractivity (Wildman–Crippen MR) is 59.8 cm³/mol. The van der Waals surface area contributed by atoms with Crippen LogP contribution in [-0.2, 0) is 11.2 Å². The zero-order valence-corrected chi connectivity index (χ0v) is 10.0. The molecule has 1 atom stereocenters. The van der Waals surface area contributed by atoms with Gasteiger partial charge in [0.1, 0.15) is 0 Å². The average Bonchev–Trinajstić information content (AvgIpc) is 2.08. The lowest BCUT2D eigenvalue weighted by molar-refractivity contribution is -0.117. The number of alkyl halides is 1. The largest absolute Gasteiger partial charge is 0.369 e. The van der Waals surface area contributed by atoms with Crippen LogP contribution < -0.4 is 5.73 Å². The standard InChI is InChI=1S/C9H9Br2NO/c10-7-3-1-6(2-4-7)5-8(11)9(12)13/h1-4,8H,5H2,(H2,12,13). The van der Waals surface area contributed by atoms with Crippen molar-refractivity contribution < 1.29 is 4.79 Å². The van der Waals surface area contributed by atoms with Gasteiger partial charge in [-0.1, -0.05) is 44.0 Å². The van der Waals surface area contributed by atoms with Gasteiger partial charge in [0.15, 0.2) is 0 Å². The van der Waals surface area contributed by atoms with Crippen LogP contribution in [-0.4, -0.2) is 10.7 Å². The second-order valence-electron chi connectivity index (χ2n) is 2.70. The average molecular weight is 307 g/mol. The molecule has 0 aliphatic carbocycles. The Morgan fingerprint density at radius 1 is 1.38 bits per heavy atom. The third kappa shape index (κ3) is 3.48. The third-order valence-corrected chi connectivity index (χ3v) is 2.94. The fraction of sp³-hybridized carbons (Fsp3) is 0.222. The van der Waals surface area contributed by atoms with Gasteiger partial charge >= 0.3 is 0 Å². The highest BCUT2D eigenvalue weighted by Crippen LogP contribution is 2.14. The second kappa shape index (κ2) is 4.77. The molecular formula is C9H9Br2NO. The maximum atomic E-state index is 10.7. The summed E-state index contributed by atoms with van der Waals surface area (Å²) in [7, 11) is 0. The van der Waals surface area contributed by atoms with E-state index in [2.05, 4.69) is 31.9 Å². The Morgan fingerprint density at radius 2 is 1.92 bits per heavy atom. The maximum Gasteiger partial charge on any atom is 0.231 e. The van der Waals surface area contributed by atoms with E-state index in [1.165, 1.54) is 0 Å². The SMILES string of the molecule is NC(=O)C(Br)Cc1ccc(Br)cc1. The molecule has 13 heavy (non-hydrogen) atoms. The number of amides is 1. The van der Waals surface area contributed by atoms with Crippen molar-refractivity contribution in [2.45, 2.75) is 11.2 Å². The summed E-state index contributed by atoms with van der Waals surface area (Å²) in [5, 5.41) is 0. The van der Waals surface area contributed by atoms with E-state index < -0.39 is 0 Å². The molecule has 0 fully saturated rings. The highest BCUT2D eigenvalue weighted by Gasteiger charge is 2.10. The van der Waals surface area contributed by atoms with Gasteiger partial charge in [0.05, 0.1) is 4.83 Å². The lowest BCUT2D eigenvalue weighted by Gasteiger charge is -2.04. The number of benzene rings is 1. The highest BCUT2D eigenvalue weighted by atomic mass is 79.9. The van der Waals surface area contributed by atoms with Gasteiger partial charge in [0.2, 0.25) is 5.91 Å². The molecule has 1 aromatic rings. The molecule has 1 unspecified atom stereocenters. The van der Waals surface area contributed by atoms with Crippen LogP contribution >= 0.6 is 31.9 Å². The van der Waals surface area contributed by atoms with Gasteiger partial charge in [-0.25, -0.2) is 0 Å². The summed E-state index contributed by atoms with van der Waals surface area (Å²) in [5.41, 5.74) is 6.21. The molecule has 4 heteroatoms. The Labute approximate surface area is 93.8 Å². The van der Waals surface area contributed by atoms with Gasteiger partial charge in [-0.15, -0.1) is 0 Å². The molecule has 70 valence electrons. The van der Waals surface area contributed by atoms with E-state index in [9.17, 15) is 4.79 Å². The molecule has 2 nitrogen and oxygen atoms in total. The smallest absolute Gasteiger partial charge is 0.231 e. The Hall–Kier alpha value is -0.350. The maximum absolute atomic E-state index is 10.7. The van der Waals surface area contributed by atoms with E-state index >= 15 is 0 Å². The van der Waals surface area contributed by atoms with Gasteiger partial charge in [-0.05, 0) is 24.1 Å². The normalized spacial score (nSPS) is 12.5. The zero-order chi connectivity index (χ0) is 9.84. The van der Waals surface area contributed by atoms with E-state index in [-0.39, 0.29) is 10.7 Å². The molecule has 0 saturated heterocycles. The van der Waals surface area contributed by atoms with Crippen LogP contribution in [0.3, 0.4) is 0 Å². The van der Waals surface area contributed by atoms with Crippen LogP contribution in [0.5, 0.6) is 0 Å². The minimum absolute atomic E-state index is 0.284. The summed E-state index contributed by atoms with van der Waals surface area (Å²) in [6.07, 6.45) is 0.628. The monoisotopic (exact) mass is 305 g/mol. The van der Waals surface area contributed by atoms with Crippen molar-refractivity contribution in [3.63, 3.8) is 0 Å². The van der Waals surface area contributed by atoms with Crippen molar-refractivity contribution in [1.82, 2.24) is 0 Å². The van der Waals surface area contributed by atoms with Crippen molar-refractivity contribution in [2.24, 2.45) is 5.73 Å². The molecule has 0 aromatic heterocycles. The third-order valence-electron chi connectivity index (χ3n) is 1.64. The van der Waals surface area contributed by atoms with Crippen LogP contribution in [0, 0.1) is 0 Å². The van der Waals surface area contributed by atoms with E-state index in [1.807, 2.05) is 24.3 Å². The minimum atomic E-state index is -0.331. The molecule has 0 saturated carbocycles. The molecule has 0 heterocycles. The molecule has 2 N–H and O–H groups in total. The first-order chi connectivity index (χ1) is 6.09. The first kappa shape index (κ1) is 10.7. The van der Waals surface area contributed by atoms with Gasteiger partial charge in [0, 0.05) is 4.47 Å². The Morgan fingerprint density at radius 3 is 2.38 bits per heavy atom. The first-order valence-electron chi connectivity index (χ1n) is 3.77. The number of primary amides is 1. The number of rotatable bonds is 3. The summed E-state index contributed by atoms with van der Waals surface area (Å²) in [6.45, 7) is 0. The lowest BCUT2D eigenvalue weighted by atomic mass is 10.1. The molecular weight excluding hydrogens is 298 g/mol. The number of carbonyl (C=O) groups is 1. The van der Waals surface area contributed by atoms with E-state index in [0.29, 0.717) is 6.42 Å². The molecule has 0 radical (unpaired) electrons. The summed E-state index contributed by atoms with van der Waals surface area (Å²) >= 11 is 6.55. The molecule has 1 aromatic carbocycles. The number of halogens is 2. The van der Waals surface area contributed by atoms with Crippen molar-refractivity contribution in [1.29, 1.82) is 0 Å². The summed E-state index contributed by atoms with van der Waals surface area (Å²) in [4.78, 5) is 10.5. The summed E-state index contributed by atoms with van der Waals surface area (Å²) < 4.78 is 1.03. The van der Waals surface area contributed by atoms with Crippen molar-refractivity contribution in [3.05, 3.63) is 34.3 Å². The molecule has 0 aliphatic rings. The molecule has 1 rings (SSSR count). The van der Waals surface area contributed by atoms with Crippen molar-refractivity contribution in [3.8, 4) is 0 Å². The lowest BCUT2D eigenvalue weighted by Crippen LogP contribution is -2.24. The summed E-state index contributed by atoms with van der Waals surface area (Å²) in [5.74, 6) is -0.331. The van der Waals surface area contributed by atoms with Crippen LogP contribution in [0.1, 0.15) is 5.56 Å². The Balaban J connectivity index is 2.64. The van der Waals surface area contributed by atoms with Gasteiger partial charge in [-0.2, -0.15) is 0 Å². The molecule has 0 bridgehead atoms. The van der Waals surface area contributed by atoms with Crippen LogP contribution in [0.25, 0.3) is 0 Å². The van der Waals surface area contributed by atoms with E-state index in [4.69, 9.17) is 5.73 Å². The Bertz CT molecular complexity index is 297. The number of carbonyl (C=O) groups excluding carboxylic acids is 1.